The lowest BCUT2D eigenvalue weighted by Gasteiger charge is -2.32. The van der Waals surface area contributed by atoms with Gasteiger partial charge in [-0.3, -0.25) is 14.1 Å². The first-order valence-corrected chi connectivity index (χ1v) is 11.8. The summed E-state index contributed by atoms with van der Waals surface area (Å²) in [7, 11) is 3.65. The van der Waals surface area contributed by atoms with Crippen LogP contribution in [0.4, 0.5) is 0 Å². The van der Waals surface area contributed by atoms with Crippen molar-refractivity contribution in [3.05, 3.63) is 54.0 Å². The number of fused-ring (bicyclic) bond motifs is 2. The minimum Gasteiger partial charge on any atom is -0.353 e. The number of rotatable bonds is 5. The van der Waals surface area contributed by atoms with Crippen molar-refractivity contribution in [3.8, 4) is 11.4 Å². The number of benzene rings is 1. The number of carbonyl (C=O) groups excluding carboxylic acids is 1. The number of aromatic amines is 1. The quantitative estimate of drug-likeness (QED) is 0.499. The molecule has 4 aromatic rings. The van der Waals surface area contributed by atoms with Gasteiger partial charge in [-0.05, 0) is 67.1 Å². The summed E-state index contributed by atoms with van der Waals surface area (Å²) in [6, 6.07) is 8.82. The molecule has 5 rings (SSSR count). The molecule has 0 saturated carbocycles. The van der Waals surface area contributed by atoms with E-state index < -0.39 is 0 Å². The smallest absolute Gasteiger partial charge is 0.236 e. The second-order valence-electron chi connectivity index (χ2n) is 9.65. The Kier molecular flexibility index (Phi) is 5.66. The first kappa shape index (κ1) is 21.6. The highest BCUT2D eigenvalue weighted by atomic mass is 16.2. The van der Waals surface area contributed by atoms with Crippen LogP contribution in [0.1, 0.15) is 49.7 Å². The zero-order valence-electron chi connectivity index (χ0n) is 19.9. The normalized spacial score (nSPS) is 15.7. The summed E-state index contributed by atoms with van der Waals surface area (Å²) in [6.45, 7) is 6.95. The summed E-state index contributed by atoms with van der Waals surface area (Å²) in [4.78, 5) is 28.6. The first-order chi connectivity index (χ1) is 15.9. The maximum atomic E-state index is 12.1. The Labute approximate surface area is 194 Å². The summed E-state index contributed by atoms with van der Waals surface area (Å²) in [5.74, 6) is 1.78. The van der Waals surface area contributed by atoms with Crippen molar-refractivity contribution >= 4 is 22.6 Å². The largest absolute Gasteiger partial charge is 0.353 e. The van der Waals surface area contributed by atoms with Crippen LogP contribution in [0.25, 0.3) is 28.1 Å². The van der Waals surface area contributed by atoms with Gasteiger partial charge in [-0.2, -0.15) is 0 Å². The highest BCUT2D eigenvalue weighted by Crippen LogP contribution is 2.38. The number of likely N-dealkylation sites (tertiary alicyclic amines) is 1. The molecule has 7 nitrogen and oxygen atoms in total. The zero-order valence-corrected chi connectivity index (χ0v) is 19.9. The lowest BCUT2D eigenvalue weighted by atomic mass is 9.87. The highest BCUT2D eigenvalue weighted by molar-refractivity contribution is 5.91. The van der Waals surface area contributed by atoms with E-state index in [1.165, 1.54) is 16.5 Å². The fraction of sp³-hybridized carbons (Fsp3) is 0.423. The number of imidazole rings is 1. The number of hydrogen-bond acceptors (Lipinski definition) is 4. The molecule has 7 heteroatoms. The van der Waals surface area contributed by atoms with E-state index in [4.69, 9.17) is 0 Å². The predicted octanol–water partition coefficient (Wildman–Crippen LogP) is 4.27. The third kappa shape index (κ3) is 4.02. The summed E-state index contributed by atoms with van der Waals surface area (Å²) < 4.78 is 2.04. The third-order valence-corrected chi connectivity index (χ3v) is 6.90. The molecule has 1 aromatic carbocycles. The van der Waals surface area contributed by atoms with Crippen molar-refractivity contribution < 1.29 is 4.79 Å². The molecule has 0 bridgehead atoms. The molecule has 0 radical (unpaired) electrons. The number of likely N-dealkylation sites (N-methyl/N-ethyl adjacent to an activating group) is 1. The van der Waals surface area contributed by atoms with E-state index in [0.717, 1.165) is 42.8 Å². The van der Waals surface area contributed by atoms with Crippen LogP contribution in [0.15, 0.2) is 42.9 Å². The van der Waals surface area contributed by atoms with Gasteiger partial charge in [-0.15, -0.1) is 0 Å². The van der Waals surface area contributed by atoms with E-state index in [1.54, 1.807) is 11.1 Å². The Morgan fingerprint density at radius 3 is 2.73 bits per heavy atom. The van der Waals surface area contributed by atoms with Gasteiger partial charge in [0.2, 0.25) is 11.7 Å². The average Bonchev–Trinajstić information content (AvgIpc) is 3.40. The monoisotopic (exact) mass is 444 g/mol. The van der Waals surface area contributed by atoms with Crippen LogP contribution >= 0.6 is 0 Å². The molecule has 1 amide bonds. The summed E-state index contributed by atoms with van der Waals surface area (Å²) in [5.41, 5.74) is 6.04. The number of nitrogens with zero attached hydrogens (tertiary/aromatic N) is 5. The van der Waals surface area contributed by atoms with Crippen molar-refractivity contribution in [3.63, 3.8) is 0 Å². The molecule has 3 aromatic heterocycles. The number of carbonyl (C=O) groups is 1. The maximum Gasteiger partial charge on any atom is 0.236 e. The minimum atomic E-state index is 0.180. The standard InChI is InChI=1S/C26H32N6O/c1-17(2)24-20-14-19(18-8-12-31(13-9-18)16-23(33)30(3)4)6-7-21(20)29-25(24)22-15-28-26-27-10-5-11-32(22)26/h5-7,10-11,14-15,17-18,29H,8-9,12-13,16H2,1-4H3. The molecule has 0 atom stereocenters. The maximum absolute atomic E-state index is 12.1. The topological polar surface area (TPSA) is 69.5 Å². The number of piperidine rings is 1. The van der Waals surface area contributed by atoms with Crippen molar-refractivity contribution in [2.45, 2.75) is 38.5 Å². The second kappa shape index (κ2) is 8.63. The SMILES string of the molecule is CC(C)c1c(-c2cnc3ncccn23)[nH]c2ccc(C3CCN(CC(=O)N(C)C)CC3)cc12. The molecule has 0 aliphatic carbocycles. The third-order valence-electron chi connectivity index (χ3n) is 6.90. The summed E-state index contributed by atoms with van der Waals surface area (Å²) in [5, 5.41) is 1.29. The Bertz CT molecular complexity index is 1290. The molecule has 1 fully saturated rings. The van der Waals surface area contributed by atoms with Gasteiger partial charge in [0.1, 0.15) is 0 Å². The van der Waals surface area contributed by atoms with Crippen molar-refractivity contribution in [2.75, 3.05) is 33.7 Å². The van der Waals surface area contributed by atoms with Gasteiger partial charge < -0.3 is 9.88 Å². The molecule has 0 unspecified atom stereocenters. The summed E-state index contributed by atoms with van der Waals surface area (Å²) in [6.07, 6.45) is 7.86. The molecular formula is C26H32N6O. The van der Waals surface area contributed by atoms with Crippen molar-refractivity contribution in [1.82, 2.24) is 29.2 Å². The Hall–Kier alpha value is -3.19. The van der Waals surface area contributed by atoms with Gasteiger partial charge in [-0.25, -0.2) is 9.97 Å². The lowest BCUT2D eigenvalue weighted by molar-refractivity contribution is -0.130. The molecule has 33 heavy (non-hydrogen) atoms. The van der Waals surface area contributed by atoms with Gasteiger partial charge in [0, 0.05) is 37.4 Å². The highest BCUT2D eigenvalue weighted by Gasteiger charge is 2.24. The minimum absolute atomic E-state index is 0.180. The van der Waals surface area contributed by atoms with Gasteiger partial charge in [0.15, 0.2) is 0 Å². The number of aromatic nitrogens is 4. The predicted molar refractivity (Wildman–Crippen MR) is 131 cm³/mol. The molecule has 1 aliphatic rings. The van der Waals surface area contributed by atoms with E-state index in [2.05, 4.69) is 51.9 Å². The summed E-state index contributed by atoms with van der Waals surface area (Å²) >= 11 is 0. The van der Waals surface area contributed by atoms with Crippen LogP contribution in [0.5, 0.6) is 0 Å². The van der Waals surface area contributed by atoms with Crippen LogP contribution in [0.3, 0.4) is 0 Å². The first-order valence-electron chi connectivity index (χ1n) is 11.8. The van der Waals surface area contributed by atoms with E-state index >= 15 is 0 Å². The molecule has 1 aliphatic heterocycles. The van der Waals surface area contributed by atoms with Gasteiger partial charge >= 0.3 is 0 Å². The van der Waals surface area contributed by atoms with E-state index in [1.807, 2.05) is 37.0 Å². The Morgan fingerprint density at radius 1 is 1.21 bits per heavy atom. The van der Waals surface area contributed by atoms with Gasteiger partial charge in [0.05, 0.1) is 24.1 Å². The van der Waals surface area contributed by atoms with Crippen LogP contribution in [-0.2, 0) is 4.79 Å². The fourth-order valence-corrected chi connectivity index (χ4v) is 5.06. The molecular weight excluding hydrogens is 412 g/mol. The number of H-pyrrole nitrogens is 1. The zero-order chi connectivity index (χ0) is 23.1. The number of nitrogens with one attached hydrogen (secondary N) is 1. The van der Waals surface area contributed by atoms with Crippen molar-refractivity contribution in [2.24, 2.45) is 0 Å². The number of amides is 1. The van der Waals surface area contributed by atoms with E-state index in [0.29, 0.717) is 24.2 Å². The lowest BCUT2D eigenvalue weighted by Crippen LogP contribution is -2.40. The van der Waals surface area contributed by atoms with Crippen LogP contribution in [-0.4, -0.2) is 68.8 Å². The molecule has 172 valence electrons. The molecule has 1 N–H and O–H groups in total. The Morgan fingerprint density at radius 2 is 2.00 bits per heavy atom. The Balaban J connectivity index is 1.45. The van der Waals surface area contributed by atoms with Crippen molar-refractivity contribution in [1.29, 1.82) is 0 Å². The molecule has 0 spiro atoms. The second-order valence-corrected chi connectivity index (χ2v) is 9.65. The van der Waals surface area contributed by atoms with E-state index in [9.17, 15) is 4.79 Å². The van der Waals surface area contributed by atoms with Crippen LogP contribution in [0, 0.1) is 0 Å². The van der Waals surface area contributed by atoms with E-state index in [-0.39, 0.29) is 5.91 Å². The van der Waals surface area contributed by atoms with Crippen LogP contribution < -0.4 is 0 Å². The van der Waals surface area contributed by atoms with Gasteiger partial charge in [0.25, 0.3) is 0 Å². The van der Waals surface area contributed by atoms with Crippen LogP contribution in [0.2, 0.25) is 0 Å². The number of hydrogen-bond donors (Lipinski definition) is 1. The van der Waals surface area contributed by atoms with Gasteiger partial charge in [-0.1, -0.05) is 19.9 Å². The average molecular weight is 445 g/mol. The molecule has 1 saturated heterocycles. The fourth-order valence-electron chi connectivity index (χ4n) is 5.06. The molecule has 4 heterocycles.